The van der Waals surface area contributed by atoms with Crippen LogP contribution in [0, 0.1) is 0 Å². The monoisotopic (exact) mass is 124 g/mol. The quantitative estimate of drug-likeness (QED) is 0.592. The summed E-state index contributed by atoms with van der Waals surface area (Å²) in [4.78, 5) is 7.15. The fourth-order valence-electron chi connectivity index (χ4n) is 0.894. The van der Waals surface area contributed by atoms with Gasteiger partial charge >= 0.3 is 0 Å². The molecule has 0 unspecified atom stereocenters. The number of imidazole rings is 1. The van der Waals surface area contributed by atoms with Crippen LogP contribution in [-0.2, 0) is 4.74 Å². The highest BCUT2D eigenvalue weighted by atomic mass is 16.5. The summed E-state index contributed by atoms with van der Waals surface area (Å²) in [5, 5.41) is 0. The van der Waals surface area contributed by atoms with Crippen LogP contribution in [-0.4, -0.2) is 23.2 Å². The molecule has 0 saturated carbocycles. The molecule has 1 aliphatic heterocycles. The average Bonchev–Trinajstić information content (AvgIpc) is 2.11. The van der Waals surface area contributed by atoms with E-state index < -0.39 is 0 Å². The molecular formula is C6H8N2O. The summed E-state index contributed by atoms with van der Waals surface area (Å²) < 4.78 is 5.00. The van der Waals surface area contributed by atoms with Gasteiger partial charge in [0, 0.05) is 12.4 Å². The Kier molecular flexibility index (Phi) is 1.02. The molecule has 2 heterocycles. The van der Waals surface area contributed by atoms with Crippen molar-refractivity contribution in [3.8, 4) is 0 Å². The number of nitrogens with one attached hydrogen (secondary N) is 1. The highest BCUT2D eigenvalue weighted by molar-refractivity contribution is 4.99. The van der Waals surface area contributed by atoms with Gasteiger partial charge in [-0.05, 0) is 0 Å². The van der Waals surface area contributed by atoms with E-state index in [-0.39, 0.29) is 0 Å². The van der Waals surface area contributed by atoms with Gasteiger partial charge < -0.3 is 9.72 Å². The molecule has 0 spiro atoms. The predicted molar refractivity (Wildman–Crippen MR) is 32.1 cm³/mol. The molecule has 0 bridgehead atoms. The Morgan fingerprint density at radius 3 is 3.00 bits per heavy atom. The van der Waals surface area contributed by atoms with Crippen LogP contribution < -0.4 is 0 Å². The smallest absolute Gasteiger partial charge is 0.113 e. The Morgan fingerprint density at radius 1 is 1.67 bits per heavy atom. The Morgan fingerprint density at radius 2 is 2.56 bits per heavy atom. The summed E-state index contributed by atoms with van der Waals surface area (Å²) in [6, 6.07) is 0. The van der Waals surface area contributed by atoms with Crippen LogP contribution in [0.15, 0.2) is 12.4 Å². The molecule has 48 valence electrons. The van der Waals surface area contributed by atoms with Crippen molar-refractivity contribution in [2.75, 3.05) is 13.2 Å². The molecule has 3 heteroatoms. The number of hydrogen-bond acceptors (Lipinski definition) is 2. The lowest BCUT2D eigenvalue weighted by Crippen LogP contribution is -2.25. The Hall–Kier alpha value is -0.830. The first kappa shape index (κ1) is 4.99. The van der Waals surface area contributed by atoms with E-state index >= 15 is 0 Å². The maximum absolute atomic E-state index is 5.00. The van der Waals surface area contributed by atoms with E-state index in [1.165, 1.54) is 0 Å². The average molecular weight is 124 g/mol. The summed E-state index contributed by atoms with van der Waals surface area (Å²) >= 11 is 0. The second-order valence-corrected chi connectivity index (χ2v) is 2.21. The third-order valence-electron chi connectivity index (χ3n) is 1.54. The minimum Gasteiger partial charge on any atom is -0.380 e. The molecular weight excluding hydrogens is 116 g/mol. The predicted octanol–water partition coefficient (Wildman–Crippen LogP) is 0.523. The van der Waals surface area contributed by atoms with E-state index in [4.69, 9.17) is 4.74 Å². The molecule has 1 aromatic rings. The second kappa shape index (κ2) is 1.84. The Labute approximate surface area is 53.1 Å². The minimum absolute atomic E-state index is 0.528. The number of H-pyrrole nitrogens is 1. The molecule has 1 aliphatic rings. The number of rotatable bonds is 1. The lowest BCUT2D eigenvalue weighted by atomic mass is 10.1. The summed E-state index contributed by atoms with van der Waals surface area (Å²) in [7, 11) is 0. The van der Waals surface area contributed by atoms with Gasteiger partial charge in [0.25, 0.3) is 0 Å². The van der Waals surface area contributed by atoms with E-state index in [1.807, 2.05) is 6.20 Å². The van der Waals surface area contributed by atoms with Gasteiger partial charge in [-0.15, -0.1) is 0 Å². The molecule has 1 saturated heterocycles. The summed E-state index contributed by atoms with van der Waals surface area (Å²) in [5.74, 6) is 1.58. The molecule has 2 rings (SSSR count). The van der Waals surface area contributed by atoms with E-state index in [0.29, 0.717) is 5.92 Å². The lowest BCUT2D eigenvalue weighted by molar-refractivity contribution is 0.00518. The van der Waals surface area contributed by atoms with Gasteiger partial charge in [0.1, 0.15) is 5.82 Å². The molecule has 0 radical (unpaired) electrons. The van der Waals surface area contributed by atoms with Crippen molar-refractivity contribution in [3.63, 3.8) is 0 Å². The van der Waals surface area contributed by atoms with Gasteiger partial charge in [0.2, 0.25) is 0 Å². The van der Waals surface area contributed by atoms with Gasteiger partial charge in [-0.2, -0.15) is 0 Å². The first-order chi connectivity index (χ1) is 4.47. The molecule has 1 fully saturated rings. The maximum atomic E-state index is 5.00. The van der Waals surface area contributed by atoms with Crippen molar-refractivity contribution in [2.45, 2.75) is 5.92 Å². The van der Waals surface area contributed by atoms with Gasteiger partial charge in [-0.1, -0.05) is 0 Å². The van der Waals surface area contributed by atoms with Crippen LogP contribution in [0.3, 0.4) is 0 Å². The van der Waals surface area contributed by atoms with Gasteiger partial charge in [-0.3, -0.25) is 0 Å². The highest BCUT2D eigenvalue weighted by Gasteiger charge is 2.21. The van der Waals surface area contributed by atoms with Gasteiger partial charge in [-0.25, -0.2) is 4.98 Å². The minimum atomic E-state index is 0.528. The van der Waals surface area contributed by atoms with Crippen molar-refractivity contribution in [3.05, 3.63) is 18.2 Å². The number of aromatic nitrogens is 2. The summed E-state index contributed by atoms with van der Waals surface area (Å²) in [5.41, 5.74) is 0. The van der Waals surface area contributed by atoms with Crippen molar-refractivity contribution in [1.82, 2.24) is 9.97 Å². The molecule has 0 aromatic carbocycles. The van der Waals surface area contributed by atoms with E-state index in [9.17, 15) is 0 Å². The molecule has 0 atom stereocenters. The third kappa shape index (κ3) is 0.733. The molecule has 1 aromatic heterocycles. The summed E-state index contributed by atoms with van der Waals surface area (Å²) in [6.07, 6.45) is 3.61. The second-order valence-electron chi connectivity index (χ2n) is 2.21. The van der Waals surface area contributed by atoms with Gasteiger partial charge in [0.15, 0.2) is 0 Å². The Balaban J connectivity index is 2.14. The zero-order valence-corrected chi connectivity index (χ0v) is 5.00. The fourth-order valence-corrected chi connectivity index (χ4v) is 0.894. The van der Waals surface area contributed by atoms with Crippen molar-refractivity contribution < 1.29 is 4.74 Å². The molecule has 0 amide bonds. The number of nitrogens with zero attached hydrogens (tertiary/aromatic N) is 1. The van der Waals surface area contributed by atoms with Gasteiger partial charge in [0.05, 0.1) is 19.1 Å². The lowest BCUT2D eigenvalue weighted by Gasteiger charge is -2.23. The highest BCUT2D eigenvalue weighted by Crippen LogP contribution is 2.19. The zero-order chi connectivity index (χ0) is 6.10. The van der Waals surface area contributed by atoms with Crippen molar-refractivity contribution in [2.24, 2.45) is 0 Å². The van der Waals surface area contributed by atoms with Crippen LogP contribution >= 0.6 is 0 Å². The topological polar surface area (TPSA) is 37.9 Å². The van der Waals surface area contributed by atoms with Crippen molar-refractivity contribution >= 4 is 0 Å². The number of ether oxygens (including phenoxy) is 1. The third-order valence-corrected chi connectivity index (χ3v) is 1.54. The van der Waals surface area contributed by atoms with Crippen LogP contribution in [0.4, 0.5) is 0 Å². The Bertz CT molecular complexity index is 179. The largest absolute Gasteiger partial charge is 0.380 e. The van der Waals surface area contributed by atoms with Crippen LogP contribution in [0.1, 0.15) is 11.7 Å². The first-order valence-electron chi connectivity index (χ1n) is 3.04. The van der Waals surface area contributed by atoms with E-state index in [2.05, 4.69) is 9.97 Å². The molecule has 0 aliphatic carbocycles. The molecule has 3 nitrogen and oxygen atoms in total. The summed E-state index contributed by atoms with van der Waals surface area (Å²) in [6.45, 7) is 1.65. The van der Waals surface area contributed by atoms with Crippen molar-refractivity contribution in [1.29, 1.82) is 0 Å². The van der Waals surface area contributed by atoms with Crippen LogP contribution in [0.5, 0.6) is 0 Å². The van der Waals surface area contributed by atoms with Crippen LogP contribution in [0.25, 0.3) is 0 Å². The standard InChI is InChI=1S/C6H8N2O/c1-2-8-6(7-1)5-3-9-4-5/h1-2,5H,3-4H2,(H,7,8). The zero-order valence-electron chi connectivity index (χ0n) is 5.00. The normalized spacial score (nSPS) is 19.6. The first-order valence-corrected chi connectivity index (χ1v) is 3.04. The molecule has 9 heavy (non-hydrogen) atoms. The maximum Gasteiger partial charge on any atom is 0.113 e. The van der Waals surface area contributed by atoms with Crippen LogP contribution in [0.2, 0.25) is 0 Å². The number of hydrogen-bond donors (Lipinski definition) is 1. The fraction of sp³-hybridized carbons (Fsp3) is 0.500. The van der Waals surface area contributed by atoms with E-state index in [1.54, 1.807) is 6.20 Å². The van der Waals surface area contributed by atoms with E-state index in [0.717, 1.165) is 19.0 Å². The number of aromatic amines is 1. The SMILES string of the molecule is c1c[nH]c(C2COC2)n1. The molecule has 1 N–H and O–H groups in total.